The van der Waals surface area contributed by atoms with Gasteiger partial charge < -0.3 is 5.32 Å². The van der Waals surface area contributed by atoms with Gasteiger partial charge in [-0.25, -0.2) is 0 Å². The van der Waals surface area contributed by atoms with E-state index in [-0.39, 0.29) is 0 Å². The number of hydrogen-bond donors (Lipinski definition) is 0. The van der Waals surface area contributed by atoms with Gasteiger partial charge in [0.1, 0.15) is 0 Å². The van der Waals surface area contributed by atoms with Crippen molar-refractivity contribution in [2.75, 3.05) is 0 Å². The van der Waals surface area contributed by atoms with Gasteiger partial charge in [-0.05, 0) is 17.7 Å². The normalized spacial score (nSPS) is 17.3. The van der Waals surface area contributed by atoms with Crippen LogP contribution in [0.2, 0.25) is 0 Å². The van der Waals surface area contributed by atoms with E-state index in [2.05, 4.69) is 22.5 Å². The highest BCUT2D eigenvalue weighted by molar-refractivity contribution is 5.80. The molecular weight excluding hydrogens is 208 g/mol. The first-order valence-corrected chi connectivity index (χ1v) is 5.54. The van der Waals surface area contributed by atoms with E-state index in [1.165, 1.54) is 0 Å². The van der Waals surface area contributed by atoms with Crippen molar-refractivity contribution in [3.8, 4) is 0 Å². The molecule has 0 atom stereocenters. The Kier molecular flexibility index (Phi) is 2.47. The maximum atomic E-state index is 4.62. The minimum Gasteiger partial charge on any atom is -0.656 e. The van der Waals surface area contributed by atoms with Crippen LogP contribution >= 0.6 is 0 Å². The summed E-state index contributed by atoms with van der Waals surface area (Å²) in [6.45, 7) is 0. The summed E-state index contributed by atoms with van der Waals surface area (Å²) in [5.74, 6) is 0. The van der Waals surface area contributed by atoms with E-state index in [0.29, 0.717) is 0 Å². The van der Waals surface area contributed by atoms with Gasteiger partial charge in [0, 0.05) is 11.9 Å². The molecule has 1 aromatic heterocycles. The molecule has 0 unspecified atom stereocenters. The predicted octanol–water partition coefficient (Wildman–Crippen LogP) is 3.75. The Morgan fingerprint density at radius 3 is 2.59 bits per heavy atom. The minimum atomic E-state index is 0.904. The summed E-state index contributed by atoms with van der Waals surface area (Å²) in [6, 6.07) is 5.85. The zero-order chi connectivity index (χ0) is 11.5. The Balaban J connectivity index is 1.93. The number of allylic oxidation sites excluding steroid dienone is 8. The van der Waals surface area contributed by atoms with Crippen LogP contribution in [-0.2, 0) is 0 Å². The van der Waals surface area contributed by atoms with E-state index in [4.69, 9.17) is 0 Å². The Labute approximate surface area is 100 Å². The molecule has 0 bridgehead atoms. The third-order valence-corrected chi connectivity index (χ3v) is 2.63. The van der Waals surface area contributed by atoms with Gasteiger partial charge >= 0.3 is 0 Å². The fourth-order valence-electron chi connectivity index (χ4n) is 1.80. The van der Waals surface area contributed by atoms with E-state index in [1.54, 1.807) is 6.20 Å². The molecule has 2 aliphatic rings. The summed E-state index contributed by atoms with van der Waals surface area (Å²) in [6.07, 6.45) is 16.0. The van der Waals surface area contributed by atoms with Crippen LogP contribution in [0.4, 0.5) is 0 Å². The lowest BCUT2D eigenvalue weighted by molar-refractivity contribution is 1.27. The Hall–Kier alpha value is -2.35. The number of hydrogen-bond acceptors (Lipinski definition) is 1. The highest BCUT2D eigenvalue weighted by Gasteiger charge is 1.99. The smallest absolute Gasteiger partial charge is 0.0483 e. The zero-order valence-electron chi connectivity index (χ0n) is 9.25. The second-order valence-corrected chi connectivity index (χ2v) is 3.80. The fraction of sp³-hybridized carbons (Fsp3) is 0. The molecule has 1 aliphatic heterocycles. The average molecular weight is 219 g/mol. The minimum absolute atomic E-state index is 0.904. The molecule has 0 radical (unpaired) electrons. The van der Waals surface area contributed by atoms with Crippen molar-refractivity contribution < 1.29 is 0 Å². The van der Waals surface area contributed by atoms with E-state index in [1.807, 2.05) is 48.6 Å². The van der Waals surface area contributed by atoms with Crippen molar-refractivity contribution in [3.05, 3.63) is 89.2 Å². The summed E-state index contributed by atoms with van der Waals surface area (Å²) in [5, 5.41) is 4.62. The van der Waals surface area contributed by atoms with Crippen LogP contribution in [0.1, 0.15) is 5.69 Å². The van der Waals surface area contributed by atoms with Gasteiger partial charge in [-0.1, -0.05) is 48.6 Å². The summed E-state index contributed by atoms with van der Waals surface area (Å²) in [4.78, 5) is 4.31. The number of aromatic nitrogens is 1. The fourth-order valence-corrected chi connectivity index (χ4v) is 1.80. The van der Waals surface area contributed by atoms with Crippen LogP contribution in [0.25, 0.3) is 11.0 Å². The van der Waals surface area contributed by atoms with Crippen LogP contribution in [0.5, 0.6) is 0 Å². The van der Waals surface area contributed by atoms with Crippen LogP contribution in [0.3, 0.4) is 0 Å². The number of pyridine rings is 1. The van der Waals surface area contributed by atoms with E-state index < -0.39 is 0 Å². The maximum Gasteiger partial charge on any atom is 0.0483 e. The predicted molar refractivity (Wildman–Crippen MR) is 70.0 cm³/mol. The van der Waals surface area contributed by atoms with Crippen LogP contribution in [-0.4, -0.2) is 4.98 Å². The van der Waals surface area contributed by atoms with Gasteiger partial charge in [-0.2, -0.15) is 0 Å². The topological polar surface area (TPSA) is 27.0 Å². The van der Waals surface area contributed by atoms with E-state index >= 15 is 0 Å². The summed E-state index contributed by atoms with van der Waals surface area (Å²) >= 11 is 0. The van der Waals surface area contributed by atoms with Crippen LogP contribution in [0.15, 0.2) is 78.2 Å². The quantitative estimate of drug-likeness (QED) is 0.706. The Morgan fingerprint density at radius 2 is 1.82 bits per heavy atom. The summed E-state index contributed by atoms with van der Waals surface area (Å²) < 4.78 is 0. The molecule has 17 heavy (non-hydrogen) atoms. The number of rotatable bonds is 1. The first-order chi connectivity index (χ1) is 8.43. The lowest BCUT2D eigenvalue weighted by atomic mass is 10.1. The average Bonchev–Trinajstić information content (AvgIpc) is 2.94. The third-order valence-electron chi connectivity index (χ3n) is 2.63. The molecule has 0 N–H and O–H groups in total. The van der Waals surface area contributed by atoms with Crippen molar-refractivity contribution in [1.82, 2.24) is 4.98 Å². The molecule has 2 nitrogen and oxygen atoms in total. The summed E-state index contributed by atoms with van der Waals surface area (Å²) in [7, 11) is 0. The zero-order valence-corrected chi connectivity index (χ0v) is 9.25. The van der Waals surface area contributed by atoms with Gasteiger partial charge in [0.2, 0.25) is 0 Å². The van der Waals surface area contributed by atoms with Gasteiger partial charge in [0.15, 0.2) is 0 Å². The standard InChI is InChI=1S/C15H11N2/c1-2-7-12(6-1)13-9-5-10-15(17-13)14-8-3-4-11-16-14/h1-11H/q-1. The highest BCUT2D eigenvalue weighted by atomic mass is 14.9. The second-order valence-electron chi connectivity index (χ2n) is 3.80. The first kappa shape index (κ1) is 9.85. The first-order valence-electron chi connectivity index (χ1n) is 5.54. The molecule has 82 valence electrons. The molecule has 2 heteroatoms. The van der Waals surface area contributed by atoms with Crippen molar-refractivity contribution in [2.24, 2.45) is 0 Å². The van der Waals surface area contributed by atoms with Gasteiger partial charge in [-0.15, -0.1) is 11.4 Å². The molecular formula is C15H11N2-. The maximum absolute atomic E-state index is 4.62. The van der Waals surface area contributed by atoms with Crippen LogP contribution in [0, 0.1) is 0 Å². The molecule has 1 aliphatic carbocycles. The van der Waals surface area contributed by atoms with E-state index in [9.17, 15) is 0 Å². The Bertz CT molecular complexity index is 558. The Morgan fingerprint density at radius 1 is 0.941 bits per heavy atom. The molecule has 0 aromatic carbocycles. The molecule has 0 fully saturated rings. The lowest BCUT2D eigenvalue weighted by Gasteiger charge is -2.30. The largest absolute Gasteiger partial charge is 0.656 e. The van der Waals surface area contributed by atoms with Crippen LogP contribution < -0.4 is 0 Å². The molecule has 0 amide bonds. The SMILES string of the molecule is C1=CC(=C2C=CC=C(c3ccccn3)[N-]2)C=C1. The molecule has 1 aromatic rings. The lowest BCUT2D eigenvalue weighted by Crippen LogP contribution is -1.93. The second kappa shape index (κ2) is 4.26. The van der Waals surface area contributed by atoms with Crippen molar-refractivity contribution in [3.63, 3.8) is 0 Å². The van der Waals surface area contributed by atoms with Crippen molar-refractivity contribution >= 4 is 5.70 Å². The van der Waals surface area contributed by atoms with Gasteiger partial charge in [0.05, 0.1) is 0 Å². The molecule has 0 spiro atoms. The monoisotopic (exact) mass is 219 g/mol. The summed E-state index contributed by atoms with van der Waals surface area (Å²) in [5.41, 5.74) is 3.94. The van der Waals surface area contributed by atoms with Crippen molar-refractivity contribution in [2.45, 2.75) is 0 Å². The van der Waals surface area contributed by atoms with Crippen molar-refractivity contribution in [1.29, 1.82) is 0 Å². The third kappa shape index (κ3) is 1.97. The van der Waals surface area contributed by atoms with E-state index in [0.717, 1.165) is 22.7 Å². The van der Waals surface area contributed by atoms with Gasteiger partial charge in [-0.3, -0.25) is 4.98 Å². The van der Waals surface area contributed by atoms with Gasteiger partial charge in [0.25, 0.3) is 0 Å². The molecule has 0 saturated carbocycles. The molecule has 3 rings (SSSR count). The molecule has 2 heterocycles. The molecule has 0 saturated heterocycles. The highest BCUT2D eigenvalue weighted by Crippen LogP contribution is 2.31. The number of nitrogens with zero attached hydrogens (tertiary/aromatic N) is 2.